The van der Waals surface area contributed by atoms with E-state index >= 15 is 0 Å². The zero-order chi connectivity index (χ0) is 16.9. The lowest BCUT2D eigenvalue weighted by Gasteiger charge is -2.33. The fraction of sp³-hybridized carbons (Fsp3) is 0.316. The summed E-state index contributed by atoms with van der Waals surface area (Å²) in [6, 6.07) is 16.0. The Balaban J connectivity index is 1.50. The molecular formula is C19H23ClN3O+. The van der Waals surface area contributed by atoms with Gasteiger partial charge in [-0.25, -0.2) is 0 Å². The molecule has 2 N–H and O–H groups in total. The van der Waals surface area contributed by atoms with Crippen LogP contribution in [0.1, 0.15) is 5.56 Å². The number of para-hydroxylation sites is 1. The molecule has 0 radical (unpaired) electrons. The van der Waals surface area contributed by atoms with Gasteiger partial charge in [0.25, 0.3) is 5.91 Å². The Bertz CT molecular complexity index is 697. The van der Waals surface area contributed by atoms with Crippen LogP contribution >= 0.6 is 11.6 Å². The first kappa shape index (κ1) is 16.8. The average molecular weight is 345 g/mol. The fourth-order valence-corrected chi connectivity index (χ4v) is 3.31. The molecule has 4 nitrogen and oxygen atoms in total. The van der Waals surface area contributed by atoms with Gasteiger partial charge in [0.05, 0.1) is 26.2 Å². The molecule has 1 fully saturated rings. The first-order valence-corrected chi connectivity index (χ1v) is 8.69. The van der Waals surface area contributed by atoms with E-state index in [0.29, 0.717) is 11.6 Å². The highest BCUT2D eigenvalue weighted by atomic mass is 35.5. The molecule has 5 heteroatoms. The Morgan fingerprint density at radius 2 is 1.88 bits per heavy atom. The number of hydrogen-bond acceptors (Lipinski definition) is 2. The van der Waals surface area contributed by atoms with Gasteiger partial charge in [-0.15, -0.1) is 0 Å². The molecule has 1 aliphatic rings. The lowest BCUT2D eigenvalue weighted by molar-refractivity contribution is -0.892. The molecule has 24 heavy (non-hydrogen) atoms. The largest absolute Gasteiger partial charge is 0.360 e. The van der Waals surface area contributed by atoms with Gasteiger partial charge in [0.15, 0.2) is 6.54 Å². The molecule has 2 aromatic carbocycles. The predicted octanol–water partition coefficient (Wildman–Crippen LogP) is 1.99. The molecule has 0 bridgehead atoms. The molecule has 2 aromatic rings. The van der Waals surface area contributed by atoms with Crippen LogP contribution in [-0.2, 0) is 4.79 Å². The van der Waals surface area contributed by atoms with E-state index in [1.165, 1.54) is 10.6 Å². The molecule has 0 unspecified atom stereocenters. The minimum atomic E-state index is 0.0589. The summed E-state index contributed by atoms with van der Waals surface area (Å²) in [7, 11) is 0. The standard InChI is InChI=1S/C19H22ClN3O/c1-15-13-16(20)7-8-18(15)21-19(24)14-22-9-11-23(12-10-22)17-5-3-2-4-6-17/h2-8,13H,9-12,14H2,1H3,(H,21,24)/p+1. The molecule has 0 aliphatic carbocycles. The van der Waals surface area contributed by atoms with Crippen LogP contribution in [-0.4, -0.2) is 38.6 Å². The van der Waals surface area contributed by atoms with Gasteiger partial charge >= 0.3 is 0 Å². The number of carbonyl (C=O) groups excluding carboxylic acids is 1. The van der Waals surface area contributed by atoms with E-state index in [4.69, 9.17) is 11.6 Å². The van der Waals surface area contributed by atoms with Gasteiger partial charge in [0.1, 0.15) is 0 Å². The third-order valence-corrected chi connectivity index (χ3v) is 4.70. The number of halogens is 1. The number of benzene rings is 2. The van der Waals surface area contributed by atoms with Crippen molar-refractivity contribution in [3.63, 3.8) is 0 Å². The lowest BCUT2D eigenvalue weighted by Crippen LogP contribution is -3.15. The van der Waals surface area contributed by atoms with Crippen LogP contribution in [0.25, 0.3) is 0 Å². The highest BCUT2D eigenvalue weighted by Gasteiger charge is 2.22. The van der Waals surface area contributed by atoms with Crippen LogP contribution in [0.15, 0.2) is 48.5 Å². The Labute approximate surface area is 148 Å². The molecule has 0 saturated carbocycles. The maximum atomic E-state index is 12.3. The van der Waals surface area contributed by atoms with Crippen molar-refractivity contribution >= 4 is 28.9 Å². The smallest absolute Gasteiger partial charge is 0.279 e. The maximum Gasteiger partial charge on any atom is 0.279 e. The van der Waals surface area contributed by atoms with Gasteiger partial charge in [-0.2, -0.15) is 0 Å². The summed E-state index contributed by atoms with van der Waals surface area (Å²) >= 11 is 5.95. The Kier molecular flexibility index (Phi) is 5.38. The van der Waals surface area contributed by atoms with Crippen LogP contribution in [0.4, 0.5) is 11.4 Å². The summed E-state index contributed by atoms with van der Waals surface area (Å²) in [5, 5.41) is 3.68. The van der Waals surface area contributed by atoms with Crippen LogP contribution in [0.5, 0.6) is 0 Å². The van der Waals surface area contributed by atoms with Crippen LogP contribution < -0.4 is 15.1 Å². The van der Waals surface area contributed by atoms with Crippen molar-refractivity contribution in [1.82, 2.24) is 0 Å². The number of rotatable bonds is 4. The number of anilines is 2. The molecule has 0 spiro atoms. The van der Waals surface area contributed by atoms with E-state index in [0.717, 1.165) is 37.4 Å². The van der Waals surface area contributed by atoms with Gasteiger partial charge < -0.3 is 15.1 Å². The molecule has 1 amide bonds. The molecule has 1 aliphatic heterocycles. The number of piperazine rings is 1. The SMILES string of the molecule is Cc1cc(Cl)ccc1NC(=O)C[NH+]1CCN(c2ccccc2)CC1. The highest BCUT2D eigenvalue weighted by Crippen LogP contribution is 2.19. The van der Waals surface area contributed by atoms with Crippen molar-refractivity contribution in [2.24, 2.45) is 0 Å². The van der Waals surface area contributed by atoms with E-state index in [-0.39, 0.29) is 5.91 Å². The van der Waals surface area contributed by atoms with E-state index in [2.05, 4.69) is 34.5 Å². The second-order valence-electron chi connectivity index (χ2n) is 6.26. The normalized spacial score (nSPS) is 15.3. The Morgan fingerprint density at radius 3 is 2.54 bits per heavy atom. The van der Waals surface area contributed by atoms with Crippen LogP contribution in [0.3, 0.4) is 0 Å². The van der Waals surface area contributed by atoms with Crippen molar-refractivity contribution in [3.05, 3.63) is 59.1 Å². The van der Waals surface area contributed by atoms with Crippen molar-refractivity contribution < 1.29 is 9.69 Å². The molecule has 1 heterocycles. The molecule has 0 aromatic heterocycles. The number of carbonyl (C=O) groups is 1. The minimum Gasteiger partial charge on any atom is -0.360 e. The maximum absolute atomic E-state index is 12.3. The van der Waals surface area contributed by atoms with Crippen molar-refractivity contribution in [2.75, 3.05) is 42.9 Å². The minimum absolute atomic E-state index is 0.0589. The molecular weight excluding hydrogens is 322 g/mol. The number of quaternary nitrogens is 1. The Morgan fingerprint density at radius 1 is 1.17 bits per heavy atom. The molecule has 0 atom stereocenters. The summed E-state index contributed by atoms with van der Waals surface area (Å²) in [5.41, 5.74) is 3.09. The van der Waals surface area contributed by atoms with Crippen LogP contribution in [0, 0.1) is 6.92 Å². The van der Waals surface area contributed by atoms with Crippen molar-refractivity contribution in [1.29, 1.82) is 0 Å². The number of aryl methyl sites for hydroxylation is 1. The van der Waals surface area contributed by atoms with Crippen LogP contribution in [0.2, 0.25) is 5.02 Å². The van der Waals surface area contributed by atoms with Gasteiger partial charge in [0.2, 0.25) is 0 Å². The zero-order valence-corrected chi connectivity index (χ0v) is 14.6. The summed E-state index contributed by atoms with van der Waals surface area (Å²) in [5.74, 6) is 0.0589. The topological polar surface area (TPSA) is 36.8 Å². The summed E-state index contributed by atoms with van der Waals surface area (Å²) in [6.07, 6.45) is 0. The quantitative estimate of drug-likeness (QED) is 0.890. The number of nitrogens with one attached hydrogen (secondary N) is 2. The third-order valence-electron chi connectivity index (χ3n) is 4.46. The van der Waals surface area contributed by atoms with Crippen molar-refractivity contribution in [3.8, 4) is 0 Å². The van der Waals surface area contributed by atoms with E-state index in [1.807, 2.05) is 25.1 Å². The number of nitrogens with zero attached hydrogens (tertiary/aromatic N) is 1. The van der Waals surface area contributed by atoms with Gasteiger partial charge in [-0.3, -0.25) is 4.79 Å². The van der Waals surface area contributed by atoms with Crippen molar-refractivity contribution in [2.45, 2.75) is 6.92 Å². The molecule has 3 rings (SSSR count). The first-order chi connectivity index (χ1) is 11.6. The van der Waals surface area contributed by atoms with Gasteiger partial charge in [-0.05, 0) is 42.8 Å². The monoisotopic (exact) mass is 344 g/mol. The predicted molar refractivity (Wildman–Crippen MR) is 99.0 cm³/mol. The van der Waals surface area contributed by atoms with E-state index in [1.54, 1.807) is 6.07 Å². The second kappa shape index (κ2) is 7.69. The summed E-state index contributed by atoms with van der Waals surface area (Å²) < 4.78 is 0. The molecule has 1 saturated heterocycles. The van der Waals surface area contributed by atoms with Gasteiger partial charge in [-0.1, -0.05) is 29.8 Å². The summed E-state index contributed by atoms with van der Waals surface area (Å²) in [4.78, 5) is 16.0. The zero-order valence-electron chi connectivity index (χ0n) is 13.9. The van der Waals surface area contributed by atoms with E-state index < -0.39 is 0 Å². The lowest BCUT2D eigenvalue weighted by atomic mass is 10.2. The highest BCUT2D eigenvalue weighted by molar-refractivity contribution is 6.30. The average Bonchev–Trinajstić information content (AvgIpc) is 2.59. The number of hydrogen-bond donors (Lipinski definition) is 2. The van der Waals surface area contributed by atoms with E-state index in [9.17, 15) is 4.79 Å². The second-order valence-corrected chi connectivity index (χ2v) is 6.69. The van der Waals surface area contributed by atoms with Gasteiger partial charge in [0, 0.05) is 16.4 Å². The Hall–Kier alpha value is -2.04. The fourth-order valence-electron chi connectivity index (χ4n) is 3.09. The third kappa shape index (κ3) is 4.28. The molecule has 126 valence electrons. The number of amides is 1. The first-order valence-electron chi connectivity index (χ1n) is 8.31. The summed E-state index contributed by atoms with van der Waals surface area (Å²) in [6.45, 7) is 6.36.